The summed E-state index contributed by atoms with van der Waals surface area (Å²) in [4.78, 5) is 11.3. The van der Waals surface area contributed by atoms with E-state index in [0.717, 1.165) is 69.0 Å². The van der Waals surface area contributed by atoms with Crippen molar-refractivity contribution in [2.75, 3.05) is 39.4 Å². The Kier molecular flexibility index (Phi) is 6.95. The summed E-state index contributed by atoms with van der Waals surface area (Å²) in [7, 11) is 0. The number of morpholine rings is 1. The zero-order chi connectivity index (χ0) is 20.6. The van der Waals surface area contributed by atoms with Gasteiger partial charge in [0.25, 0.3) is 0 Å². The van der Waals surface area contributed by atoms with Crippen molar-refractivity contribution in [1.82, 2.24) is 19.8 Å². The van der Waals surface area contributed by atoms with Gasteiger partial charge in [0.2, 0.25) is 0 Å². The first kappa shape index (κ1) is 20.4. The summed E-state index contributed by atoms with van der Waals surface area (Å²) in [6, 6.07) is 16.7. The highest BCUT2D eigenvalue weighted by Gasteiger charge is 2.09. The maximum absolute atomic E-state index is 6.01. The fraction of sp³-hybridized carbons (Fsp3) is 0.391. The second-order valence-corrected chi connectivity index (χ2v) is 7.61. The molecule has 0 radical (unpaired) electrons. The molecule has 0 atom stereocenters. The SMILES string of the molecule is NC(=NCc1ccc(Cn2cnc3ccccc32)cc1)NCCCN1CCOCC1. The monoisotopic (exact) mass is 406 g/mol. The molecule has 1 aliphatic rings. The van der Waals surface area contributed by atoms with Crippen molar-refractivity contribution in [3.8, 4) is 0 Å². The van der Waals surface area contributed by atoms with Gasteiger partial charge < -0.3 is 20.4 Å². The van der Waals surface area contributed by atoms with Crippen LogP contribution in [-0.2, 0) is 17.8 Å². The molecule has 1 aromatic heterocycles. The van der Waals surface area contributed by atoms with Crippen molar-refractivity contribution in [3.63, 3.8) is 0 Å². The molecule has 3 aromatic rings. The number of fused-ring (bicyclic) bond motifs is 1. The Hall–Kier alpha value is -2.90. The lowest BCUT2D eigenvalue weighted by molar-refractivity contribution is 0.0376. The summed E-state index contributed by atoms with van der Waals surface area (Å²) in [5.74, 6) is 0.505. The van der Waals surface area contributed by atoms with Gasteiger partial charge in [-0.2, -0.15) is 0 Å². The number of benzene rings is 2. The maximum Gasteiger partial charge on any atom is 0.188 e. The number of ether oxygens (including phenoxy) is 1. The average Bonchev–Trinajstić information content (AvgIpc) is 3.20. The molecular formula is C23H30N6O. The van der Waals surface area contributed by atoms with Crippen LogP contribution < -0.4 is 11.1 Å². The number of nitrogens with zero attached hydrogens (tertiary/aromatic N) is 4. The van der Waals surface area contributed by atoms with Gasteiger partial charge in [-0.1, -0.05) is 36.4 Å². The van der Waals surface area contributed by atoms with E-state index in [9.17, 15) is 0 Å². The predicted molar refractivity (Wildman–Crippen MR) is 120 cm³/mol. The molecule has 0 bridgehead atoms. The summed E-state index contributed by atoms with van der Waals surface area (Å²) in [5.41, 5.74) is 10.6. The molecule has 1 saturated heterocycles. The van der Waals surface area contributed by atoms with Crippen molar-refractivity contribution >= 4 is 17.0 Å². The molecule has 7 nitrogen and oxygen atoms in total. The maximum atomic E-state index is 6.01. The van der Waals surface area contributed by atoms with Crippen LogP contribution in [0.2, 0.25) is 0 Å². The number of guanidine groups is 1. The molecule has 2 heterocycles. The smallest absolute Gasteiger partial charge is 0.188 e. The third kappa shape index (κ3) is 5.58. The summed E-state index contributed by atoms with van der Waals surface area (Å²) >= 11 is 0. The molecule has 4 rings (SSSR count). The largest absolute Gasteiger partial charge is 0.379 e. The third-order valence-corrected chi connectivity index (χ3v) is 5.40. The molecule has 30 heavy (non-hydrogen) atoms. The van der Waals surface area contributed by atoms with Crippen molar-refractivity contribution in [2.24, 2.45) is 10.7 Å². The van der Waals surface area contributed by atoms with Crippen LogP contribution in [0.3, 0.4) is 0 Å². The normalized spacial score (nSPS) is 15.5. The Bertz CT molecular complexity index is 959. The first-order valence-electron chi connectivity index (χ1n) is 10.6. The minimum atomic E-state index is 0.505. The lowest BCUT2D eigenvalue weighted by Crippen LogP contribution is -2.39. The van der Waals surface area contributed by atoms with Gasteiger partial charge in [-0.15, -0.1) is 0 Å². The predicted octanol–water partition coefficient (Wildman–Crippen LogP) is 2.21. The highest BCUT2D eigenvalue weighted by Crippen LogP contribution is 2.14. The molecule has 158 valence electrons. The van der Waals surface area contributed by atoms with E-state index in [4.69, 9.17) is 10.5 Å². The fourth-order valence-electron chi connectivity index (χ4n) is 3.66. The minimum absolute atomic E-state index is 0.505. The number of aliphatic imine (C=N–C) groups is 1. The molecule has 0 spiro atoms. The lowest BCUT2D eigenvalue weighted by atomic mass is 10.1. The van der Waals surface area contributed by atoms with Crippen LogP contribution in [0.5, 0.6) is 0 Å². The van der Waals surface area contributed by atoms with Gasteiger partial charge in [0, 0.05) is 26.2 Å². The summed E-state index contributed by atoms with van der Waals surface area (Å²) in [5, 5.41) is 3.21. The summed E-state index contributed by atoms with van der Waals surface area (Å²) < 4.78 is 7.54. The van der Waals surface area contributed by atoms with Gasteiger partial charge in [0.1, 0.15) is 0 Å². The highest BCUT2D eigenvalue weighted by atomic mass is 16.5. The zero-order valence-corrected chi connectivity index (χ0v) is 17.3. The zero-order valence-electron chi connectivity index (χ0n) is 17.3. The van der Waals surface area contributed by atoms with Crippen LogP contribution in [0.4, 0.5) is 0 Å². The minimum Gasteiger partial charge on any atom is -0.379 e. The fourth-order valence-corrected chi connectivity index (χ4v) is 3.66. The molecule has 7 heteroatoms. The van der Waals surface area contributed by atoms with Crippen molar-refractivity contribution < 1.29 is 4.74 Å². The summed E-state index contributed by atoms with van der Waals surface area (Å²) in [6.07, 6.45) is 2.95. The molecule has 0 aliphatic carbocycles. The molecule has 3 N–H and O–H groups in total. The topological polar surface area (TPSA) is 80.7 Å². The van der Waals surface area contributed by atoms with Gasteiger partial charge in [-0.05, 0) is 36.2 Å². The van der Waals surface area contributed by atoms with E-state index in [1.165, 1.54) is 5.56 Å². The van der Waals surface area contributed by atoms with Crippen LogP contribution in [0, 0.1) is 0 Å². The van der Waals surface area contributed by atoms with Crippen LogP contribution >= 0.6 is 0 Å². The molecule has 1 fully saturated rings. The van der Waals surface area contributed by atoms with E-state index in [0.29, 0.717) is 12.5 Å². The number of para-hydroxylation sites is 2. The standard InChI is InChI=1S/C23H30N6O/c24-23(25-10-3-11-28-12-14-30-15-13-28)26-16-19-6-8-20(9-7-19)17-29-18-27-21-4-1-2-5-22(21)29/h1-2,4-9,18H,3,10-17H2,(H3,24,25,26). The second-order valence-electron chi connectivity index (χ2n) is 7.61. The Labute approximate surface area is 177 Å². The number of rotatable bonds is 8. The van der Waals surface area contributed by atoms with E-state index < -0.39 is 0 Å². The van der Waals surface area contributed by atoms with Gasteiger partial charge in [0.05, 0.1) is 37.1 Å². The van der Waals surface area contributed by atoms with E-state index in [1.54, 1.807) is 0 Å². The number of nitrogens with one attached hydrogen (secondary N) is 1. The van der Waals surface area contributed by atoms with Gasteiger partial charge in [-0.3, -0.25) is 4.90 Å². The molecule has 0 unspecified atom stereocenters. The van der Waals surface area contributed by atoms with E-state index in [-0.39, 0.29) is 0 Å². The van der Waals surface area contributed by atoms with Gasteiger partial charge in [0.15, 0.2) is 5.96 Å². The molecule has 0 amide bonds. The highest BCUT2D eigenvalue weighted by molar-refractivity contribution is 5.77. The number of imidazole rings is 1. The van der Waals surface area contributed by atoms with Crippen LogP contribution in [0.25, 0.3) is 11.0 Å². The first-order chi connectivity index (χ1) is 14.8. The van der Waals surface area contributed by atoms with Crippen molar-refractivity contribution in [3.05, 3.63) is 66.0 Å². The number of nitrogens with two attached hydrogens (primary N) is 1. The lowest BCUT2D eigenvalue weighted by Gasteiger charge is -2.26. The van der Waals surface area contributed by atoms with Crippen LogP contribution in [0.15, 0.2) is 59.9 Å². The number of hydrogen-bond donors (Lipinski definition) is 2. The van der Waals surface area contributed by atoms with Crippen LogP contribution in [0.1, 0.15) is 17.5 Å². The third-order valence-electron chi connectivity index (χ3n) is 5.40. The van der Waals surface area contributed by atoms with E-state index >= 15 is 0 Å². The molecule has 0 saturated carbocycles. The molecule has 2 aromatic carbocycles. The van der Waals surface area contributed by atoms with Crippen molar-refractivity contribution in [1.29, 1.82) is 0 Å². The Morgan fingerprint density at radius 3 is 2.67 bits per heavy atom. The van der Waals surface area contributed by atoms with Crippen molar-refractivity contribution in [2.45, 2.75) is 19.5 Å². The molecule has 1 aliphatic heterocycles. The Morgan fingerprint density at radius 2 is 1.83 bits per heavy atom. The Morgan fingerprint density at radius 1 is 1.07 bits per heavy atom. The van der Waals surface area contributed by atoms with Gasteiger partial charge in [-0.25, -0.2) is 9.98 Å². The Balaban J connectivity index is 1.22. The van der Waals surface area contributed by atoms with Crippen LogP contribution in [-0.4, -0.2) is 59.8 Å². The summed E-state index contributed by atoms with van der Waals surface area (Å²) in [6.45, 7) is 7.02. The van der Waals surface area contributed by atoms with E-state index in [1.807, 2.05) is 24.5 Å². The quantitative estimate of drug-likeness (QED) is 0.341. The average molecular weight is 407 g/mol. The number of aromatic nitrogens is 2. The molecular weight excluding hydrogens is 376 g/mol. The number of hydrogen-bond acceptors (Lipinski definition) is 4. The first-order valence-corrected chi connectivity index (χ1v) is 10.6. The van der Waals surface area contributed by atoms with Gasteiger partial charge >= 0.3 is 0 Å². The second kappa shape index (κ2) is 10.2. The van der Waals surface area contributed by atoms with E-state index in [2.05, 4.69) is 55.1 Å².